The van der Waals surface area contributed by atoms with E-state index in [-0.39, 0.29) is 11.3 Å². The molecule has 0 radical (unpaired) electrons. The lowest BCUT2D eigenvalue weighted by molar-refractivity contribution is 0.0688. The van der Waals surface area contributed by atoms with E-state index in [0.717, 1.165) is 6.42 Å². The molecule has 17 heavy (non-hydrogen) atoms. The summed E-state index contributed by atoms with van der Waals surface area (Å²) >= 11 is 0. The van der Waals surface area contributed by atoms with Gasteiger partial charge in [-0.05, 0) is 25.0 Å². The monoisotopic (exact) mass is 240 g/mol. The Hall–Kier alpha value is -1.91. The summed E-state index contributed by atoms with van der Waals surface area (Å²) in [4.78, 5) is 11.1. The highest BCUT2D eigenvalue weighted by molar-refractivity contribution is 5.95. The molecule has 0 saturated carbocycles. The quantitative estimate of drug-likeness (QED) is 0.686. The lowest BCUT2D eigenvalue weighted by atomic mass is 10.0. The van der Waals surface area contributed by atoms with Crippen LogP contribution < -0.4 is 4.74 Å². The summed E-state index contributed by atoms with van der Waals surface area (Å²) in [6, 6.07) is 1.34. The number of phenolic OH excluding ortho intramolecular Hbond substituents is 1. The third-order valence-corrected chi connectivity index (χ3v) is 2.33. The second-order valence-corrected chi connectivity index (χ2v) is 3.60. The zero-order valence-corrected chi connectivity index (χ0v) is 9.86. The summed E-state index contributed by atoms with van der Waals surface area (Å²) in [6.45, 7) is 3.95. The topological polar surface area (TPSA) is 87.0 Å². The molecule has 0 fully saturated rings. The van der Waals surface area contributed by atoms with E-state index in [4.69, 9.17) is 9.84 Å². The summed E-state index contributed by atoms with van der Waals surface area (Å²) in [5.74, 6) is -2.27. The van der Waals surface area contributed by atoms with Crippen LogP contribution in [-0.4, -0.2) is 27.9 Å². The first-order valence-corrected chi connectivity index (χ1v) is 5.46. The van der Waals surface area contributed by atoms with E-state index in [9.17, 15) is 15.0 Å². The Balaban J connectivity index is 3.45. The van der Waals surface area contributed by atoms with E-state index in [1.54, 1.807) is 6.92 Å². The molecule has 0 unspecified atom stereocenters. The lowest BCUT2D eigenvalue weighted by Gasteiger charge is -2.14. The number of aryl methyl sites for hydroxylation is 1. The molecule has 5 nitrogen and oxygen atoms in total. The smallest absolute Gasteiger partial charge is 0.343 e. The van der Waals surface area contributed by atoms with Crippen molar-refractivity contribution in [1.82, 2.24) is 0 Å². The van der Waals surface area contributed by atoms with Crippen LogP contribution in [0.1, 0.15) is 36.2 Å². The molecule has 0 heterocycles. The van der Waals surface area contributed by atoms with Crippen molar-refractivity contribution in [2.24, 2.45) is 0 Å². The van der Waals surface area contributed by atoms with Gasteiger partial charge in [0.15, 0.2) is 11.5 Å². The van der Waals surface area contributed by atoms with Crippen LogP contribution >= 0.6 is 0 Å². The molecule has 1 aromatic carbocycles. The Morgan fingerprint density at radius 2 is 2.00 bits per heavy atom. The molecule has 94 valence electrons. The van der Waals surface area contributed by atoms with Gasteiger partial charge >= 0.3 is 5.97 Å². The average Bonchev–Trinajstić information content (AvgIpc) is 2.25. The van der Waals surface area contributed by atoms with E-state index in [0.29, 0.717) is 18.6 Å². The number of phenols is 2. The fourth-order valence-electron chi connectivity index (χ4n) is 1.66. The van der Waals surface area contributed by atoms with Crippen LogP contribution in [0.5, 0.6) is 17.2 Å². The second kappa shape index (κ2) is 5.43. The molecule has 3 N–H and O–H groups in total. The maximum Gasteiger partial charge on any atom is 0.343 e. The zero-order valence-electron chi connectivity index (χ0n) is 9.86. The van der Waals surface area contributed by atoms with Gasteiger partial charge in [-0.25, -0.2) is 4.79 Å². The number of carboxylic acid groups (broad SMARTS) is 1. The first-order chi connectivity index (χ1) is 8.02. The Morgan fingerprint density at radius 1 is 1.35 bits per heavy atom. The Bertz CT molecular complexity index is 425. The molecular weight excluding hydrogens is 224 g/mol. The van der Waals surface area contributed by atoms with Crippen LogP contribution in [0.4, 0.5) is 0 Å². The summed E-state index contributed by atoms with van der Waals surface area (Å²) in [6.07, 6.45) is 1.35. The van der Waals surface area contributed by atoms with Crippen LogP contribution in [0.3, 0.4) is 0 Å². The minimum Gasteiger partial charge on any atom is -0.504 e. The Kier molecular flexibility index (Phi) is 4.20. The fraction of sp³-hybridized carbons (Fsp3) is 0.417. The average molecular weight is 240 g/mol. The number of benzene rings is 1. The molecule has 0 bridgehead atoms. The number of aromatic carboxylic acids is 1. The number of aromatic hydroxyl groups is 2. The number of hydrogen-bond acceptors (Lipinski definition) is 4. The molecule has 0 amide bonds. The molecule has 0 aliphatic rings. The Labute approximate surface area is 99.3 Å². The Morgan fingerprint density at radius 3 is 2.47 bits per heavy atom. The predicted octanol–water partition coefficient (Wildman–Crippen LogP) is 2.15. The predicted molar refractivity (Wildman–Crippen MR) is 61.9 cm³/mol. The molecule has 0 aromatic heterocycles. The summed E-state index contributed by atoms with van der Waals surface area (Å²) in [5, 5.41) is 28.1. The van der Waals surface area contributed by atoms with Crippen molar-refractivity contribution in [2.75, 3.05) is 6.61 Å². The molecule has 5 heteroatoms. The van der Waals surface area contributed by atoms with Crippen molar-refractivity contribution in [3.8, 4) is 17.2 Å². The van der Waals surface area contributed by atoms with Gasteiger partial charge < -0.3 is 20.1 Å². The number of rotatable bonds is 5. The van der Waals surface area contributed by atoms with Crippen LogP contribution in [0.2, 0.25) is 0 Å². The maximum absolute atomic E-state index is 11.1. The van der Waals surface area contributed by atoms with Gasteiger partial charge in [0.05, 0.1) is 6.61 Å². The summed E-state index contributed by atoms with van der Waals surface area (Å²) < 4.78 is 5.27. The van der Waals surface area contributed by atoms with E-state index < -0.39 is 17.5 Å². The van der Waals surface area contributed by atoms with Crippen molar-refractivity contribution in [3.63, 3.8) is 0 Å². The maximum atomic E-state index is 11.1. The molecule has 1 aromatic rings. The molecule has 0 aliphatic heterocycles. The highest BCUT2D eigenvalue weighted by atomic mass is 16.5. The SMILES string of the molecule is CCCc1cc(O)c(O)c(C(=O)O)c1OCC. The van der Waals surface area contributed by atoms with Crippen LogP contribution in [-0.2, 0) is 6.42 Å². The largest absolute Gasteiger partial charge is 0.504 e. The van der Waals surface area contributed by atoms with Crippen LogP contribution in [0, 0.1) is 0 Å². The van der Waals surface area contributed by atoms with E-state index >= 15 is 0 Å². The molecular formula is C12H16O5. The zero-order chi connectivity index (χ0) is 13.0. The third-order valence-electron chi connectivity index (χ3n) is 2.33. The normalized spacial score (nSPS) is 10.2. The van der Waals surface area contributed by atoms with Gasteiger partial charge in [0.1, 0.15) is 11.3 Å². The highest BCUT2D eigenvalue weighted by Crippen LogP contribution is 2.39. The van der Waals surface area contributed by atoms with Crippen molar-refractivity contribution in [3.05, 3.63) is 17.2 Å². The number of carboxylic acids is 1. The van der Waals surface area contributed by atoms with Crippen molar-refractivity contribution in [1.29, 1.82) is 0 Å². The van der Waals surface area contributed by atoms with Crippen LogP contribution in [0.25, 0.3) is 0 Å². The van der Waals surface area contributed by atoms with Crippen molar-refractivity contribution < 1.29 is 24.9 Å². The van der Waals surface area contributed by atoms with E-state index in [1.807, 2.05) is 6.92 Å². The number of hydrogen-bond donors (Lipinski definition) is 3. The molecule has 1 rings (SSSR count). The summed E-state index contributed by atoms with van der Waals surface area (Å²) in [7, 11) is 0. The van der Waals surface area contributed by atoms with Crippen molar-refractivity contribution in [2.45, 2.75) is 26.7 Å². The number of carbonyl (C=O) groups is 1. The first kappa shape index (κ1) is 13.2. The fourth-order valence-corrected chi connectivity index (χ4v) is 1.66. The van der Waals surface area contributed by atoms with E-state index in [2.05, 4.69) is 0 Å². The van der Waals surface area contributed by atoms with Gasteiger partial charge in [0.2, 0.25) is 0 Å². The molecule has 0 aliphatic carbocycles. The third kappa shape index (κ3) is 2.61. The minimum absolute atomic E-state index is 0.136. The summed E-state index contributed by atoms with van der Waals surface area (Å²) in [5.41, 5.74) is 0.206. The molecule has 0 spiro atoms. The second-order valence-electron chi connectivity index (χ2n) is 3.60. The standard InChI is InChI=1S/C12H16O5/c1-3-5-7-6-8(13)10(14)9(12(15)16)11(7)17-4-2/h6,13-14H,3-5H2,1-2H3,(H,15,16). The molecule has 0 saturated heterocycles. The van der Waals surface area contributed by atoms with Gasteiger partial charge in [-0.15, -0.1) is 0 Å². The first-order valence-electron chi connectivity index (χ1n) is 5.46. The van der Waals surface area contributed by atoms with Gasteiger partial charge in [0.25, 0.3) is 0 Å². The molecule has 0 atom stereocenters. The van der Waals surface area contributed by atoms with E-state index in [1.165, 1.54) is 6.07 Å². The van der Waals surface area contributed by atoms with Gasteiger partial charge in [-0.2, -0.15) is 0 Å². The van der Waals surface area contributed by atoms with Crippen LogP contribution in [0.15, 0.2) is 6.07 Å². The van der Waals surface area contributed by atoms with Gasteiger partial charge in [0, 0.05) is 0 Å². The highest BCUT2D eigenvalue weighted by Gasteiger charge is 2.23. The minimum atomic E-state index is -1.32. The lowest BCUT2D eigenvalue weighted by Crippen LogP contribution is -2.06. The van der Waals surface area contributed by atoms with Gasteiger partial charge in [-0.1, -0.05) is 13.3 Å². The van der Waals surface area contributed by atoms with Gasteiger partial charge in [-0.3, -0.25) is 0 Å². The number of ether oxygens (including phenoxy) is 1. The van der Waals surface area contributed by atoms with Crippen molar-refractivity contribution >= 4 is 5.97 Å².